The molecular weight excluding hydrogens is 180 g/mol. The minimum absolute atomic E-state index is 0.127. The van der Waals surface area contributed by atoms with E-state index in [0.29, 0.717) is 5.92 Å². The van der Waals surface area contributed by atoms with Crippen LogP contribution in [0.25, 0.3) is 0 Å². The lowest BCUT2D eigenvalue weighted by atomic mass is 9.94. The molecule has 78 valence electrons. The van der Waals surface area contributed by atoms with Crippen molar-refractivity contribution in [3.05, 3.63) is 22.2 Å². The predicted octanol–water partition coefficient (Wildman–Crippen LogP) is 1.17. The highest BCUT2D eigenvalue weighted by molar-refractivity contribution is 5.03. The molecule has 1 aromatic heterocycles. The molecular formula is C10H16N2O2. The van der Waals surface area contributed by atoms with Gasteiger partial charge in [0.15, 0.2) is 0 Å². The van der Waals surface area contributed by atoms with Gasteiger partial charge in [0, 0.05) is 12.0 Å². The summed E-state index contributed by atoms with van der Waals surface area (Å²) in [6.45, 7) is 5.51. The summed E-state index contributed by atoms with van der Waals surface area (Å²) in [5, 5.41) is 2.35. The Kier molecular flexibility index (Phi) is 2.72. The molecule has 1 aliphatic rings. The van der Waals surface area contributed by atoms with Crippen molar-refractivity contribution < 1.29 is 4.52 Å². The van der Waals surface area contributed by atoms with Crippen LogP contribution in [0.5, 0.6) is 0 Å². The predicted molar refractivity (Wildman–Crippen MR) is 53.4 cm³/mol. The Labute approximate surface area is 82.9 Å². The monoisotopic (exact) mass is 196 g/mol. The number of nitrogens with zero attached hydrogens (tertiary/aromatic N) is 1. The molecule has 0 unspecified atom stereocenters. The maximum Gasteiger partial charge on any atom is 0.280 e. The van der Waals surface area contributed by atoms with Crippen LogP contribution in [0.4, 0.5) is 0 Å². The minimum Gasteiger partial charge on any atom is -0.383 e. The van der Waals surface area contributed by atoms with E-state index in [1.165, 1.54) is 0 Å². The fraction of sp³-hybridized carbons (Fsp3) is 0.700. The lowest BCUT2D eigenvalue weighted by Crippen LogP contribution is -2.32. The Hall–Kier alpha value is -1.03. The van der Waals surface area contributed by atoms with E-state index in [4.69, 9.17) is 4.52 Å². The summed E-state index contributed by atoms with van der Waals surface area (Å²) < 4.78 is 5.12. The fourth-order valence-corrected chi connectivity index (χ4v) is 2.03. The zero-order chi connectivity index (χ0) is 9.97. The summed E-state index contributed by atoms with van der Waals surface area (Å²) in [4.78, 5) is 13.3. The summed E-state index contributed by atoms with van der Waals surface area (Å²) in [5.74, 6) is 1.25. The third-order valence-corrected chi connectivity index (χ3v) is 2.98. The van der Waals surface area contributed by atoms with E-state index >= 15 is 0 Å². The summed E-state index contributed by atoms with van der Waals surface area (Å²) in [6, 6.07) is 1.58. The van der Waals surface area contributed by atoms with Gasteiger partial charge >= 0.3 is 0 Å². The number of hydrogen-bond donors (Lipinski definition) is 1. The Balaban J connectivity index is 1.98. The van der Waals surface area contributed by atoms with Gasteiger partial charge in [0.05, 0.1) is 0 Å². The summed E-state index contributed by atoms with van der Waals surface area (Å²) in [5.41, 5.74) is -0.127. The van der Waals surface area contributed by atoms with E-state index in [1.807, 2.05) is 0 Å². The van der Waals surface area contributed by atoms with Crippen molar-refractivity contribution in [1.29, 1.82) is 0 Å². The molecule has 14 heavy (non-hydrogen) atoms. The van der Waals surface area contributed by atoms with Gasteiger partial charge < -0.3 is 9.42 Å². The van der Waals surface area contributed by atoms with Gasteiger partial charge in [-0.1, -0.05) is 6.92 Å². The molecule has 0 amide bonds. The average molecular weight is 196 g/mol. The molecule has 0 atom stereocenters. The SMILES string of the molecule is CCN1CCC(c2cc(=O)[nH]o2)CC1. The third kappa shape index (κ3) is 1.90. The molecule has 2 heterocycles. The van der Waals surface area contributed by atoms with Gasteiger partial charge in [-0.3, -0.25) is 4.79 Å². The molecule has 0 bridgehead atoms. The van der Waals surface area contributed by atoms with E-state index in [0.717, 1.165) is 38.2 Å². The second-order valence-electron chi connectivity index (χ2n) is 3.82. The first-order chi connectivity index (χ1) is 6.79. The van der Waals surface area contributed by atoms with Crippen molar-refractivity contribution in [3.8, 4) is 0 Å². The van der Waals surface area contributed by atoms with Crippen molar-refractivity contribution >= 4 is 0 Å². The molecule has 2 rings (SSSR count). The molecule has 0 saturated carbocycles. The highest BCUT2D eigenvalue weighted by Crippen LogP contribution is 2.26. The lowest BCUT2D eigenvalue weighted by Gasteiger charge is -2.29. The molecule has 1 saturated heterocycles. The van der Waals surface area contributed by atoms with Crippen LogP contribution in [0.3, 0.4) is 0 Å². The zero-order valence-corrected chi connectivity index (χ0v) is 8.45. The van der Waals surface area contributed by atoms with Crippen molar-refractivity contribution in [1.82, 2.24) is 10.1 Å². The summed E-state index contributed by atoms with van der Waals surface area (Å²) in [6.07, 6.45) is 2.18. The Morgan fingerprint density at radius 3 is 2.79 bits per heavy atom. The molecule has 0 aliphatic carbocycles. The van der Waals surface area contributed by atoms with E-state index in [9.17, 15) is 4.79 Å². The van der Waals surface area contributed by atoms with Gasteiger partial charge in [0.25, 0.3) is 5.56 Å². The number of piperidine rings is 1. The standard InChI is InChI=1S/C10H16N2O2/c1-2-12-5-3-8(4-6-12)9-7-10(13)11-14-9/h7-8H,2-6H2,1H3,(H,11,13). The van der Waals surface area contributed by atoms with Gasteiger partial charge in [-0.15, -0.1) is 0 Å². The van der Waals surface area contributed by atoms with Crippen molar-refractivity contribution in [2.45, 2.75) is 25.7 Å². The number of hydrogen-bond acceptors (Lipinski definition) is 3. The second-order valence-corrected chi connectivity index (χ2v) is 3.82. The molecule has 4 nitrogen and oxygen atoms in total. The number of nitrogens with one attached hydrogen (secondary N) is 1. The second kappa shape index (κ2) is 4.00. The molecule has 0 radical (unpaired) electrons. The van der Waals surface area contributed by atoms with Crippen molar-refractivity contribution in [2.75, 3.05) is 19.6 Å². The van der Waals surface area contributed by atoms with Crippen LogP contribution in [0.2, 0.25) is 0 Å². The van der Waals surface area contributed by atoms with Crippen LogP contribution in [0.1, 0.15) is 31.4 Å². The van der Waals surface area contributed by atoms with E-state index in [1.54, 1.807) is 6.07 Å². The Morgan fingerprint density at radius 1 is 1.57 bits per heavy atom. The number of rotatable bonds is 2. The van der Waals surface area contributed by atoms with Gasteiger partial charge in [-0.05, 0) is 32.5 Å². The zero-order valence-electron chi connectivity index (χ0n) is 8.45. The first-order valence-corrected chi connectivity index (χ1v) is 5.20. The number of H-pyrrole nitrogens is 1. The van der Waals surface area contributed by atoms with Crippen LogP contribution in [-0.2, 0) is 0 Å². The summed E-state index contributed by atoms with van der Waals surface area (Å²) >= 11 is 0. The van der Waals surface area contributed by atoms with Crippen LogP contribution >= 0.6 is 0 Å². The third-order valence-electron chi connectivity index (χ3n) is 2.98. The van der Waals surface area contributed by atoms with Crippen molar-refractivity contribution in [2.24, 2.45) is 0 Å². The van der Waals surface area contributed by atoms with Crippen LogP contribution in [0, 0.1) is 0 Å². The van der Waals surface area contributed by atoms with Crippen LogP contribution in [-0.4, -0.2) is 29.7 Å². The smallest absolute Gasteiger partial charge is 0.280 e. The molecule has 1 fully saturated rings. The lowest BCUT2D eigenvalue weighted by molar-refractivity contribution is 0.205. The molecule has 4 heteroatoms. The van der Waals surface area contributed by atoms with Crippen molar-refractivity contribution in [3.63, 3.8) is 0 Å². The molecule has 1 aliphatic heterocycles. The highest BCUT2D eigenvalue weighted by Gasteiger charge is 2.22. The van der Waals surface area contributed by atoms with Crippen LogP contribution in [0.15, 0.2) is 15.4 Å². The maximum absolute atomic E-state index is 10.9. The van der Waals surface area contributed by atoms with E-state index in [-0.39, 0.29) is 5.56 Å². The number of aromatic amines is 1. The van der Waals surface area contributed by atoms with Gasteiger partial charge in [0.2, 0.25) is 0 Å². The Bertz CT molecular complexity index is 334. The molecule has 1 N–H and O–H groups in total. The molecule has 0 aromatic carbocycles. The average Bonchev–Trinajstić information content (AvgIpc) is 2.65. The maximum atomic E-state index is 10.9. The summed E-state index contributed by atoms with van der Waals surface area (Å²) in [7, 11) is 0. The minimum atomic E-state index is -0.127. The van der Waals surface area contributed by atoms with Gasteiger partial charge in [-0.25, -0.2) is 0 Å². The number of aromatic nitrogens is 1. The molecule has 0 spiro atoms. The largest absolute Gasteiger partial charge is 0.383 e. The highest BCUT2D eigenvalue weighted by atomic mass is 16.5. The normalized spacial score (nSPS) is 20.1. The first kappa shape index (κ1) is 9.52. The van der Waals surface area contributed by atoms with E-state index in [2.05, 4.69) is 17.0 Å². The van der Waals surface area contributed by atoms with Crippen LogP contribution < -0.4 is 5.56 Å². The topological polar surface area (TPSA) is 49.2 Å². The Morgan fingerprint density at radius 2 is 2.29 bits per heavy atom. The van der Waals surface area contributed by atoms with E-state index < -0.39 is 0 Å². The molecule has 1 aromatic rings. The quantitative estimate of drug-likeness (QED) is 0.772. The first-order valence-electron chi connectivity index (χ1n) is 5.20. The van der Waals surface area contributed by atoms with Gasteiger partial charge in [0.1, 0.15) is 5.76 Å². The number of likely N-dealkylation sites (tertiary alicyclic amines) is 1. The van der Waals surface area contributed by atoms with Gasteiger partial charge in [-0.2, -0.15) is 5.16 Å². The fourth-order valence-electron chi connectivity index (χ4n) is 2.03.